The van der Waals surface area contributed by atoms with Crippen LogP contribution in [0.2, 0.25) is 0 Å². The third-order valence-electron chi connectivity index (χ3n) is 6.69. The van der Waals surface area contributed by atoms with Crippen molar-refractivity contribution in [2.45, 2.75) is 106 Å². The van der Waals surface area contributed by atoms with Crippen molar-refractivity contribution in [2.24, 2.45) is 0 Å². The lowest BCUT2D eigenvalue weighted by Crippen LogP contribution is -2.53. The van der Waals surface area contributed by atoms with Crippen LogP contribution >= 0.6 is 0 Å². The van der Waals surface area contributed by atoms with E-state index >= 15 is 0 Å². The fourth-order valence-electron chi connectivity index (χ4n) is 5.68. The highest BCUT2D eigenvalue weighted by Crippen LogP contribution is 2.55. The molecule has 6 atom stereocenters. The SMILES string of the molecule is OCCC1CC[C@@H]2O[C@@H]3C[C@]2(C[C@H]2OC4(CCCCC4)O[C@@H]32)O1. The van der Waals surface area contributed by atoms with E-state index in [9.17, 15) is 5.11 Å². The molecular formula is C18H28O5. The minimum atomic E-state index is -0.341. The van der Waals surface area contributed by atoms with Crippen molar-refractivity contribution < 1.29 is 24.1 Å². The average Bonchev–Trinajstić information content (AvgIpc) is 3.04. The molecule has 0 aromatic rings. The highest BCUT2D eigenvalue weighted by atomic mass is 16.8. The van der Waals surface area contributed by atoms with Crippen LogP contribution in [-0.4, -0.2) is 53.6 Å². The molecule has 1 unspecified atom stereocenters. The average molecular weight is 324 g/mol. The molecular weight excluding hydrogens is 296 g/mol. The second kappa shape index (κ2) is 5.40. The van der Waals surface area contributed by atoms with Gasteiger partial charge in [-0.25, -0.2) is 0 Å². The molecule has 2 aliphatic carbocycles. The van der Waals surface area contributed by atoms with Gasteiger partial charge < -0.3 is 24.1 Å². The lowest BCUT2D eigenvalue weighted by Gasteiger charge is -2.44. The first-order valence-corrected chi connectivity index (χ1v) is 9.52. The Morgan fingerprint density at radius 3 is 2.57 bits per heavy atom. The first kappa shape index (κ1) is 15.1. The Labute approximate surface area is 137 Å². The van der Waals surface area contributed by atoms with Crippen LogP contribution in [0.3, 0.4) is 0 Å². The summed E-state index contributed by atoms with van der Waals surface area (Å²) in [5, 5.41) is 9.24. The molecule has 5 nitrogen and oxygen atoms in total. The van der Waals surface area contributed by atoms with E-state index in [1.807, 2.05) is 0 Å². The number of aliphatic hydroxyl groups is 1. The maximum Gasteiger partial charge on any atom is 0.169 e. The van der Waals surface area contributed by atoms with E-state index in [1.165, 1.54) is 19.3 Å². The van der Waals surface area contributed by atoms with E-state index in [-0.39, 0.29) is 48.5 Å². The van der Waals surface area contributed by atoms with Gasteiger partial charge in [0.05, 0.1) is 30.0 Å². The Bertz CT molecular complexity index is 462. The van der Waals surface area contributed by atoms with Gasteiger partial charge in [-0.15, -0.1) is 0 Å². The molecule has 5 aliphatic rings. The quantitative estimate of drug-likeness (QED) is 0.844. The van der Waals surface area contributed by atoms with Gasteiger partial charge in [-0.1, -0.05) is 6.42 Å². The summed E-state index contributed by atoms with van der Waals surface area (Å²) in [6.07, 6.45) is 11.0. The van der Waals surface area contributed by atoms with Crippen molar-refractivity contribution in [3.63, 3.8) is 0 Å². The topological polar surface area (TPSA) is 57.2 Å². The zero-order valence-electron chi connectivity index (χ0n) is 13.7. The first-order chi connectivity index (χ1) is 11.2. The molecule has 0 amide bonds. The summed E-state index contributed by atoms with van der Waals surface area (Å²) in [6, 6.07) is 0. The molecule has 2 saturated carbocycles. The van der Waals surface area contributed by atoms with Crippen LogP contribution in [-0.2, 0) is 18.9 Å². The van der Waals surface area contributed by atoms with Gasteiger partial charge in [0.2, 0.25) is 0 Å². The van der Waals surface area contributed by atoms with Crippen LogP contribution in [0.15, 0.2) is 0 Å². The Kier molecular flexibility index (Phi) is 3.54. The zero-order chi connectivity index (χ0) is 15.5. The molecule has 5 rings (SSSR count). The summed E-state index contributed by atoms with van der Waals surface area (Å²) >= 11 is 0. The van der Waals surface area contributed by atoms with Gasteiger partial charge in [0.15, 0.2) is 5.79 Å². The van der Waals surface area contributed by atoms with Crippen molar-refractivity contribution in [1.29, 1.82) is 0 Å². The summed E-state index contributed by atoms with van der Waals surface area (Å²) in [7, 11) is 0. The predicted octanol–water partition coefficient (Wildman–Crippen LogP) is 2.29. The van der Waals surface area contributed by atoms with E-state index in [4.69, 9.17) is 18.9 Å². The fraction of sp³-hybridized carbons (Fsp3) is 1.00. The number of fused-ring (bicyclic) bond motifs is 3. The smallest absolute Gasteiger partial charge is 0.169 e. The summed E-state index contributed by atoms with van der Waals surface area (Å²) < 4.78 is 25.8. The van der Waals surface area contributed by atoms with Crippen LogP contribution in [0.1, 0.15) is 64.2 Å². The van der Waals surface area contributed by atoms with Crippen molar-refractivity contribution >= 4 is 0 Å². The van der Waals surface area contributed by atoms with Crippen LogP contribution in [0.4, 0.5) is 0 Å². The number of hydrogen-bond donors (Lipinski definition) is 1. The van der Waals surface area contributed by atoms with E-state index in [0.717, 1.165) is 44.9 Å². The van der Waals surface area contributed by atoms with Gasteiger partial charge in [0.25, 0.3) is 0 Å². The van der Waals surface area contributed by atoms with Gasteiger partial charge in [0.1, 0.15) is 6.10 Å². The Hall–Kier alpha value is -0.200. The van der Waals surface area contributed by atoms with E-state index in [0.29, 0.717) is 0 Å². The molecule has 1 N–H and O–H groups in total. The van der Waals surface area contributed by atoms with Gasteiger partial charge in [-0.3, -0.25) is 0 Å². The molecule has 5 fully saturated rings. The van der Waals surface area contributed by atoms with Crippen molar-refractivity contribution in [3.8, 4) is 0 Å². The molecule has 3 aliphatic heterocycles. The van der Waals surface area contributed by atoms with E-state index < -0.39 is 0 Å². The zero-order valence-corrected chi connectivity index (χ0v) is 13.7. The highest BCUT2D eigenvalue weighted by molar-refractivity contribution is 5.12. The van der Waals surface area contributed by atoms with Gasteiger partial charge in [0, 0.05) is 32.3 Å². The first-order valence-electron chi connectivity index (χ1n) is 9.52. The van der Waals surface area contributed by atoms with Crippen LogP contribution in [0.25, 0.3) is 0 Å². The predicted molar refractivity (Wildman–Crippen MR) is 82.0 cm³/mol. The highest BCUT2D eigenvalue weighted by Gasteiger charge is 2.65. The lowest BCUT2D eigenvalue weighted by molar-refractivity contribution is -0.216. The summed E-state index contributed by atoms with van der Waals surface area (Å²) in [5.74, 6) is -0.341. The maximum absolute atomic E-state index is 9.24. The Morgan fingerprint density at radius 1 is 0.913 bits per heavy atom. The van der Waals surface area contributed by atoms with Gasteiger partial charge in [-0.2, -0.15) is 0 Å². The Morgan fingerprint density at radius 2 is 1.74 bits per heavy atom. The molecule has 0 aromatic heterocycles. The standard InChI is InChI=1S/C18H28O5/c19-9-6-12-4-5-15-17(21-12)10-13(20-15)16-14(11-17)22-18(23-16)7-2-1-3-8-18/h12-16,19H,1-11H2/t12?,13-,14-,15+,16+,17-/m1/s1. The second-order valence-corrected chi connectivity index (χ2v) is 8.18. The number of aliphatic hydroxyl groups excluding tert-OH is 1. The summed E-state index contributed by atoms with van der Waals surface area (Å²) in [5.41, 5.74) is -0.201. The van der Waals surface area contributed by atoms with Crippen LogP contribution in [0.5, 0.6) is 0 Å². The molecule has 2 bridgehead atoms. The summed E-state index contributed by atoms with van der Waals surface area (Å²) in [4.78, 5) is 0. The van der Waals surface area contributed by atoms with Gasteiger partial charge in [-0.05, 0) is 32.1 Å². The molecule has 0 radical (unpaired) electrons. The second-order valence-electron chi connectivity index (χ2n) is 8.18. The Balaban J connectivity index is 1.36. The van der Waals surface area contributed by atoms with Crippen LogP contribution in [0, 0.1) is 0 Å². The molecule has 130 valence electrons. The lowest BCUT2D eigenvalue weighted by atomic mass is 9.76. The largest absolute Gasteiger partial charge is 0.396 e. The number of rotatable bonds is 2. The van der Waals surface area contributed by atoms with Crippen molar-refractivity contribution in [2.75, 3.05) is 6.61 Å². The fourth-order valence-corrected chi connectivity index (χ4v) is 5.68. The minimum Gasteiger partial charge on any atom is -0.396 e. The molecule has 23 heavy (non-hydrogen) atoms. The summed E-state index contributed by atoms with van der Waals surface area (Å²) in [6.45, 7) is 0.199. The van der Waals surface area contributed by atoms with Crippen LogP contribution < -0.4 is 0 Å². The third kappa shape index (κ3) is 2.31. The minimum absolute atomic E-state index is 0.0872. The van der Waals surface area contributed by atoms with Gasteiger partial charge >= 0.3 is 0 Å². The monoisotopic (exact) mass is 324 g/mol. The molecule has 3 saturated heterocycles. The van der Waals surface area contributed by atoms with E-state index in [1.54, 1.807) is 0 Å². The number of hydrogen-bond acceptors (Lipinski definition) is 5. The molecule has 0 aromatic carbocycles. The molecule has 5 heteroatoms. The third-order valence-corrected chi connectivity index (χ3v) is 6.69. The molecule has 2 spiro atoms. The van der Waals surface area contributed by atoms with Crippen molar-refractivity contribution in [3.05, 3.63) is 0 Å². The molecule has 3 heterocycles. The van der Waals surface area contributed by atoms with Crippen molar-refractivity contribution in [1.82, 2.24) is 0 Å². The maximum atomic E-state index is 9.24. The van der Waals surface area contributed by atoms with E-state index in [2.05, 4.69) is 0 Å². The number of ether oxygens (including phenoxy) is 4. The normalized spacial score (nSPS) is 50.7.